The molecule has 3 rings (SSSR count). The van der Waals surface area contributed by atoms with E-state index in [1.165, 1.54) is 0 Å². The zero-order chi connectivity index (χ0) is 12.9. The zero-order valence-electron chi connectivity index (χ0n) is 11.1. The first-order valence-corrected chi connectivity index (χ1v) is 6.09. The van der Waals surface area contributed by atoms with Crippen LogP contribution in [-0.4, -0.2) is 19.7 Å². The number of benzene rings is 1. The van der Waals surface area contributed by atoms with Crippen LogP contribution in [0.4, 0.5) is 0 Å². The van der Waals surface area contributed by atoms with Gasteiger partial charge in [0.1, 0.15) is 5.52 Å². The Morgan fingerprint density at radius 3 is 2.22 bits per heavy atom. The number of hydrogen-bond donors (Lipinski definition) is 0. The molecule has 0 aliphatic heterocycles. The van der Waals surface area contributed by atoms with E-state index in [0.29, 0.717) is 0 Å². The van der Waals surface area contributed by atoms with Gasteiger partial charge in [0.05, 0.1) is 22.3 Å². The van der Waals surface area contributed by atoms with Crippen molar-refractivity contribution in [1.82, 2.24) is 19.7 Å². The van der Waals surface area contributed by atoms with Gasteiger partial charge in [0.15, 0.2) is 5.65 Å². The second-order valence-corrected chi connectivity index (χ2v) is 5.55. The van der Waals surface area contributed by atoms with Gasteiger partial charge in [0, 0.05) is 0 Å². The lowest BCUT2D eigenvalue weighted by molar-refractivity contribution is 0.364. The van der Waals surface area contributed by atoms with E-state index in [9.17, 15) is 0 Å². The minimum absolute atomic E-state index is 0.0936. The Morgan fingerprint density at radius 2 is 1.61 bits per heavy atom. The molecule has 3 aromatic rings. The van der Waals surface area contributed by atoms with Gasteiger partial charge >= 0.3 is 0 Å². The van der Waals surface area contributed by atoms with Crippen LogP contribution in [0.5, 0.6) is 0 Å². The fourth-order valence-electron chi connectivity index (χ4n) is 2.09. The van der Waals surface area contributed by atoms with Gasteiger partial charge < -0.3 is 0 Å². The van der Waals surface area contributed by atoms with E-state index in [1.54, 1.807) is 0 Å². The largest absolute Gasteiger partial charge is 0.241 e. The number of aromatic nitrogens is 4. The lowest BCUT2D eigenvalue weighted by Gasteiger charge is -2.19. The molecule has 0 saturated heterocycles. The number of aryl methyl sites for hydroxylation is 1. The van der Waals surface area contributed by atoms with E-state index < -0.39 is 0 Å². The van der Waals surface area contributed by atoms with Crippen molar-refractivity contribution in [1.29, 1.82) is 0 Å². The maximum absolute atomic E-state index is 4.70. The minimum atomic E-state index is -0.0936. The quantitative estimate of drug-likeness (QED) is 0.606. The van der Waals surface area contributed by atoms with Crippen molar-refractivity contribution in [3.63, 3.8) is 0 Å². The predicted octanol–water partition coefficient (Wildman–Crippen LogP) is 3.04. The lowest BCUT2D eigenvalue weighted by Crippen LogP contribution is -2.23. The van der Waals surface area contributed by atoms with Crippen molar-refractivity contribution in [2.75, 3.05) is 0 Å². The van der Waals surface area contributed by atoms with Crippen LogP contribution in [0, 0.1) is 6.92 Å². The summed E-state index contributed by atoms with van der Waals surface area (Å²) in [6.07, 6.45) is 0. The molecule has 2 heterocycles. The molecule has 2 aromatic heterocycles. The lowest BCUT2D eigenvalue weighted by atomic mass is 10.1. The van der Waals surface area contributed by atoms with Crippen LogP contribution in [0.2, 0.25) is 0 Å². The SMILES string of the molecule is Cc1nn(C(C)(C)C)c2nc3ccccc3nc12. The van der Waals surface area contributed by atoms with Crippen LogP contribution in [0.3, 0.4) is 0 Å². The molecule has 0 spiro atoms. The van der Waals surface area contributed by atoms with Crippen molar-refractivity contribution in [2.45, 2.75) is 33.2 Å². The number of para-hydroxylation sites is 2. The summed E-state index contributed by atoms with van der Waals surface area (Å²) in [6.45, 7) is 8.34. The minimum Gasteiger partial charge on any atom is -0.241 e. The van der Waals surface area contributed by atoms with Crippen LogP contribution in [0.25, 0.3) is 22.2 Å². The molecule has 18 heavy (non-hydrogen) atoms. The Balaban J connectivity index is 2.45. The van der Waals surface area contributed by atoms with E-state index >= 15 is 0 Å². The molecule has 0 unspecified atom stereocenters. The normalized spacial score (nSPS) is 12.4. The van der Waals surface area contributed by atoms with Gasteiger partial charge in [-0.2, -0.15) is 5.10 Å². The molecular weight excluding hydrogens is 224 g/mol. The highest BCUT2D eigenvalue weighted by Crippen LogP contribution is 2.23. The van der Waals surface area contributed by atoms with Crippen molar-refractivity contribution >= 4 is 22.2 Å². The summed E-state index contributed by atoms with van der Waals surface area (Å²) < 4.78 is 1.96. The summed E-state index contributed by atoms with van der Waals surface area (Å²) in [4.78, 5) is 9.37. The summed E-state index contributed by atoms with van der Waals surface area (Å²) in [5.74, 6) is 0. The molecule has 0 saturated carbocycles. The maximum atomic E-state index is 4.70. The van der Waals surface area contributed by atoms with E-state index in [1.807, 2.05) is 35.9 Å². The molecular formula is C14H16N4. The Labute approximate surface area is 106 Å². The molecule has 0 fully saturated rings. The molecule has 0 radical (unpaired) electrons. The summed E-state index contributed by atoms with van der Waals surface area (Å²) in [5, 5.41) is 4.58. The molecule has 0 bridgehead atoms. The highest BCUT2D eigenvalue weighted by molar-refractivity contribution is 5.85. The summed E-state index contributed by atoms with van der Waals surface area (Å²) in [6, 6.07) is 7.92. The Kier molecular flexibility index (Phi) is 2.17. The third-order valence-corrected chi connectivity index (χ3v) is 2.98. The Bertz CT molecular complexity index is 734. The van der Waals surface area contributed by atoms with Crippen LogP contribution in [-0.2, 0) is 5.54 Å². The van der Waals surface area contributed by atoms with Gasteiger partial charge in [-0.15, -0.1) is 0 Å². The first-order chi connectivity index (χ1) is 8.47. The summed E-state index contributed by atoms with van der Waals surface area (Å²) >= 11 is 0. The molecule has 1 aromatic carbocycles. The number of fused-ring (bicyclic) bond motifs is 2. The average Bonchev–Trinajstić information content (AvgIpc) is 2.64. The van der Waals surface area contributed by atoms with Crippen molar-refractivity contribution in [3.05, 3.63) is 30.0 Å². The molecule has 0 aliphatic rings. The van der Waals surface area contributed by atoms with Gasteiger partial charge in [-0.25, -0.2) is 14.6 Å². The highest BCUT2D eigenvalue weighted by Gasteiger charge is 2.20. The molecule has 0 aliphatic carbocycles. The topological polar surface area (TPSA) is 43.6 Å². The monoisotopic (exact) mass is 240 g/mol. The highest BCUT2D eigenvalue weighted by atomic mass is 15.3. The number of rotatable bonds is 0. The maximum Gasteiger partial charge on any atom is 0.178 e. The van der Waals surface area contributed by atoms with Gasteiger partial charge in [-0.3, -0.25) is 0 Å². The number of hydrogen-bond acceptors (Lipinski definition) is 3. The molecule has 0 N–H and O–H groups in total. The van der Waals surface area contributed by atoms with Crippen LogP contribution in [0.15, 0.2) is 24.3 Å². The fraction of sp³-hybridized carbons (Fsp3) is 0.357. The van der Waals surface area contributed by atoms with Crippen LogP contribution >= 0.6 is 0 Å². The van der Waals surface area contributed by atoms with Crippen LogP contribution in [0.1, 0.15) is 26.5 Å². The number of nitrogens with zero attached hydrogens (tertiary/aromatic N) is 4. The molecule has 0 amide bonds. The third kappa shape index (κ3) is 1.56. The van der Waals surface area contributed by atoms with E-state index in [-0.39, 0.29) is 5.54 Å². The van der Waals surface area contributed by atoms with E-state index in [2.05, 4.69) is 30.9 Å². The van der Waals surface area contributed by atoms with E-state index in [4.69, 9.17) is 4.98 Å². The van der Waals surface area contributed by atoms with Crippen molar-refractivity contribution in [2.24, 2.45) is 0 Å². The smallest absolute Gasteiger partial charge is 0.178 e. The first kappa shape index (κ1) is 11.1. The standard InChI is InChI=1S/C14H16N4/c1-9-12-13(18(17-9)14(2,3)4)16-11-8-6-5-7-10(11)15-12/h5-8H,1-4H3. The molecule has 4 nitrogen and oxygen atoms in total. The fourth-order valence-corrected chi connectivity index (χ4v) is 2.09. The second kappa shape index (κ2) is 3.51. The predicted molar refractivity (Wildman–Crippen MR) is 72.6 cm³/mol. The molecule has 0 atom stereocenters. The average molecular weight is 240 g/mol. The van der Waals surface area contributed by atoms with Crippen molar-refractivity contribution < 1.29 is 0 Å². The van der Waals surface area contributed by atoms with Crippen molar-refractivity contribution in [3.8, 4) is 0 Å². The molecule has 4 heteroatoms. The van der Waals surface area contributed by atoms with Gasteiger partial charge in [0.25, 0.3) is 0 Å². The Hall–Kier alpha value is -1.97. The summed E-state index contributed by atoms with van der Waals surface area (Å²) in [7, 11) is 0. The summed E-state index contributed by atoms with van der Waals surface area (Å²) in [5.41, 5.74) is 4.42. The van der Waals surface area contributed by atoms with Crippen LogP contribution < -0.4 is 0 Å². The van der Waals surface area contributed by atoms with Gasteiger partial charge in [-0.05, 0) is 39.8 Å². The first-order valence-electron chi connectivity index (χ1n) is 6.09. The Morgan fingerprint density at radius 1 is 1.00 bits per heavy atom. The second-order valence-electron chi connectivity index (χ2n) is 5.55. The zero-order valence-corrected chi connectivity index (χ0v) is 11.1. The third-order valence-electron chi connectivity index (χ3n) is 2.98. The van der Waals surface area contributed by atoms with E-state index in [0.717, 1.165) is 27.9 Å². The van der Waals surface area contributed by atoms with Gasteiger partial charge in [0.2, 0.25) is 0 Å². The molecule has 92 valence electrons. The van der Waals surface area contributed by atoms with Gasteiger partial charge in [-0.1, -0.05) is 12.1 Å².